The fourth-order valence-corrected chi connectivity index (χ4v) is 3.82. The molecule has 0 aliphatic carbocycles. The fraction of sp³-hybridized carbons (Fsp3) is 0.150. The number of benzene rings is 1. The van der Waals surface area contributed by atoms with E-state index in [2.05, 4.69) is 15.4 Å². The molecule has 0 aliphatic heterocycles. The number of para-hydroxylation sites is 1. The highest BCUT2D eigenvalue weighted by atomic mass is 32.1. The normalized spacial score (nSPS) is 10.9. The number of nitrogens with zero attached hydrogens (tertiary/aromatic N) is 4. The molecule has 0 bridgehead atoms. The summed E-state index contributed by atoms with van der Waals surface area (Å²) in [7, 11) is 0. The lowest BCUT2D eigenvalue weighted by Gasteiger charge is -2.06. The second kappa shape index (κ2) is 7.20. The Morgan fingerprint density at radius 1 is 1.22 bits per heavy atom. The van der Waals surface area contributed by atoms with Crippen LogP contribution in [0.1, 0.15) is 27.3 Å². The molecule has 0 atom stereocenters. The first-order valence-electron chi connectivity index (χ1n) is 8.59. The van der Waals surface area contributed by atoms with Gasteiger partial charge in [0.05, 0.1) is 17.4 Å². The van der Waals surface area contributed by atoms with Crippen molar-refractivity contribution in [2.75, 3.05) is 0 Å². The molecule has 1 aromatic carbocycles. The number of rotatable bonds is 5. The lowest BCUT2D eigenvalue weighted by atomic mass is 10.2. The molecule has 0 fully saturated rings. The molecule has 136 valence electrons. The molecule has 0 unspecified atom stereocenters. The van der Waals surface area contributed by atoms with E-state index in [4.69, 9.17) is 0 Å². The zero-order chi connectivity index (χ0) is 18.8. The number of hydrogen-bond donors (Lipinski definition) is 1. The van der Waals surface area contributed by atoms with Gasteiger partial charge in [-0.1, -0.05) is 18.2 Å². The van der Waals surface area contributed by atoms with Gasteiger partial charge in [-0.05, 0) is 32.0 Å². The number of amides is 1. The van der Waals surface area contributed by atoms with Crippen molar-refractivity contribution in [3.63, 3.8) is 0 Å². The molecule has 0 saturated carbocycles. The summed E-state index contributed by atoms with van der Waals surface area (Å²) in [5.41, 5.74) is 4.48. The minimum Gasteiger partial charge on any atom is -0.348 e. The van der Waals surface area contributed by atoms with Crippen LogP contribution in [0.15, 0.2) is 60.4 Å². The standard InChI is InChI=1S/C20H19N5OS/c1-14-10-18(15(2)25(14)20-21-8-9-27-20)19(26)22-11-16-12-23-24(13-16)17-6-4-3-5-7-17/h3-10,12-13H,11H2,1-2H3,(H,22,26). The monoisotopic (exact) mass is 377 g/mol. The first-order chi connectivity index (χ1) is 13.1. The van der Waals surface area contributed by atoms with Crippen LogP contribution in [0.3, 0.4) is 0 Å². The summed E-state index contributed by atoms with van der Waals surface area (Å²) in [6.07, 6.45) is 5.46. The third kappa shape index (κ3) is 3.41. The number of aryl methyl sites for hydroxylation is 1. The molecule has 0 spiro atoms. The first-order valence-corrected chi connectivity index (χ1v) is 9.47. The minimum atomic E-state index is -0.0987. The van der Waals surface area contributed by atoms with Crippen LogP contribution in [0.4, 0.5) is 0 Å². The highest BCUT2D eigenvalue weighted by Crippen LogP contribution is 2.22. The van der Waals surface area contributed by atoms with Crippen molar-refractivity contribution in [3.05, 3.63) is 82.9 Å². The van der Waals surface area contributed by atoms with Gasteiger partial charge in [-0.25, -0.2) is 9.67 Å². The molecular formula is C20H19N5OS. The van der Waals surface area contributed by atoms with Crippen molar-refractivity contribution in [3.8, 4) is 10.8 Å². The van der Waals surface area contributed by atoms with Crippen LogP contribution < -0.4 is 5.32 Å². The lowest BCUT2D eigenvalue weighted by Crippen LogP contribution is -2.23. The van der Waals surface area contributed by atoms with E-state index in [1.165, 1.54) is 0 Å². The smallest absolute Gasteiger partial charge is 0.253 e. The molecular weight excluding hydrogens is 358 g/mol. The topological polar surface area (TPSA) is 64.7 Å². The molecule has 0 aliphatic rings. The van der Waals surface area contributed by atoms with Gasteiger partial charge >= 0.3 is 0 Å². The highest BCUT2D eigenvalue weighted by Gasteiger charge is 2.17. The van der Waals surface area contributed by atoms with Crippen molar-refractivity contribution in [2.45, 2.75) is 20.4 Å². The third-order valence-corrected chi connectivity index (χ3v) is 5.15. The van der Waals surface area contributed by atoms with Crippen LogP contribution in [0.2, 0.25) is 0 Å². The Morgan fingerprint density at radius 3 is 2.78 bits per heavy atom. The largest absolute Gasteiger partial charge is 0.348 e. The number of nitrogens with one attached hydrogen (secondary N) is 1. The second-order valence-electron chi connectivity index (χ2n) is 6.25. The summed E-state index contributed by atoms with van der Waals surface area (Å²) < 4.78 is 3.81. The Kier molecular flexibility index (Phi) is 4.60. The number of aromatic nitrogens is 4. The van der Waals surface area contributed by atoms with Gasteiger partial charge in [-0.2, -0.15) is 5.10 Å². The van der Waals surface area contributed by atoms with Crippen molar-refractivity contribution in [1.29, 1.82) is 0 Å². The van der Waals surface area contributed by atoms with Gasteiger partial charge in [0.25, 0.3) is 5.91 Å². The molecule has 6 nitrogen and oxygen atoms in total. The van der Waals surface area contributed by atoms with Crippen molar-refractivity contribution in [1.82, 2.24) is 24.6 Å². The Labute approximate surface area is 161 Å². The summed E-state index contributed by atoms with van der Waals surface area (Å²) in [4.78, 5) is 17.0. The van der Waals surface area contributed by atoms with Gasteiger partial charge in [0.1, 0.15) is 0 Å². The molecule has 1 amide bonds. The second-order valence-corrected chi connectivity index (χ2v) is 7.12. The Hall–Kier alpha value is -3.19. The third-order valence-electron chi connectivity index (χ3n) is 4.40. The van der Waals surface area contributed by atoms with Crippen LogP contribution in [0.5, 0.6) is 0 Å². The molecule has 4 aromatic rings. The maximum absolute atomic E-state index is 12.7. The van der Waals surface area contributed by atoms with E-state index in [0.29, 0.717) is 12.1 Å². The summed E-state index contributed by atoms with van der Waals surface area (Å²) in [5.74, 6) is -0.0987. The zero-order valence-corrected chi connectivity index (χ0v) is 15.9. The Morgan fingerprint density at radius 2 is 2.04 bits per heavy atom. The number of thiazole rings is 1. The Balaban J connectivity index is 1.48. The van der Waals surface area contributed by atoms with Gasteiger partial charge in [0, 0.05) is 41.3 Å². The number of carbonyl (C=O) groups is 1. The fourth-order valence-electron chi connectivity index (χ4n) is 3.06. The molecule has 27 heavy (non-hydrogen) atoms. The number of hydrogen-bond acceptors (Lipinski definition) is 4. The van der Waals surface area contributed by atoms with Gasteiger partial charge in [0.2, 0.25) is 0 Å². The minimum absolute atomic E-state index is 0.0987. The quantitative estimate of drug-likeness (QED) is 0.577. The van der Waals surface area contributed by atoms with Gasteiger partial charge in [-0.3, -0.25) is 9.36 Å². The average molecular weight is 377 g/mol. The van der Waals surface area contributed by atoms with E-state index in [9.17, 15) is 4.79 Å². The van der Waals surface area contributed by atoms with Gasteiger partial charge in [-0.15, -0.1) is 11.3 Å². The zero-order valence-electron chi connectivity index (χ0n) is 15.1. The summed E-state index contributed by atoms with van der Waals surface area (Å²) in [6, 6.07) is 11.8. The maximum atomic E-state index is 12.7. The van der Waals surface area contributed by atoms with Crippen molar-refractivity contribution >= 4 is 17.2 Å². The average Bonchev–Trinajstić information content (AvgIpc) is 3.41. The highest BCUT2D eigenvalue weighted by molar-refractivity contribution is 7.12. The lowest BCUT2D eigenvalue weighted by molar-refractivity contribution is 0.0950. The molecule has 0 saturated heterocycles. The summed E-state index contributed by atoms with van der Waals surface area (Å²) >= 11 is 1.55. The van der Waals surface area contributed by atoms with E-state index in [0.717, 1.165) is 27.8 Å². The van der Waals surface area contributed by atoms with E-state index < -0.39 is 0 Å². The molecule has 4 rings (SSSR count). The molecule has 0 radical (unpaired) electrons. The van der Waals surface area contributed by atoms with Gasteiger partial charge < -0.3 is 5.32 Å². The van der Waals surface area contributed by atoms with Crippen molar-refractivity contribution in [2.24, 2.45) is 0 Å². The van der Waals surface area contributed by atoms with Crippen molar-refractivity contribution < 1.29 is 4.79 Å². The first kappa shape index (κ1) is 17.2. The molecule has 7 heteroatoms. The predicted octanol–water partition coefficient (Wildman–Crippen LogP) is 3.67. The van der Waals surface area contributed by atoms with E-state index >= 15 is 0 Å². The van der Waals surface area contributed by atoms with Crippen LogP contribution in [0, 0.1) is 13.8 Å². The predicted molar refractivity (Wildman–Crippen MR) is 106 cm³/mol. The SMILES string of the molecule is Cc1cc(C(=O)NCc2cnn(-c3ccccc3)c2)c(C)n1-c1nccs1. The van der Waals surface area contributed by atoms with Crippen LogP contribution >= 0.6 is 11.3 Å². The van der Waals surface area contributed by atoms with E-state index in [-0.39, 0.29) is 5.91 Å². The maximum Gasteiger partial charge on any atom is 0.253 e. The van der Waals surface area contributed by atoms with Crippen LogP contribution in [-0.2, 0) is 6.54 Å². The molecule has 3 aromatic heterocycles. The van der Waals surface area contributed by atoms with Gasteiger partial charge in [0.15, 0.2) is 5.13 Å². The summed E-state index contributed by atoms with van der Waals surface area (Å²) in [5, 5.41) is 10.1. The van der Waals surface area contributed by atoms with Crippen LogP contribution in [-0.4, -0.2) is 25.2 Å². The molecule has 3 heterocycles. The molecule has 1 N–H and O–H groups in total. The number of carbonyl (C=O) groups excluding carboxylic acids is 1. The summed E-state index contributed by atoms with van der Waals surface area (Å²) in [6.45, 7) is 4.35. The van der Waals surface area contributed by atoms with E-state index in [1.54, 1.807) is 28.4 Å². The Bertz CT molecular complexity index is 1060. The van der Waals surface area contributed by atoms with Crippen LogP contribution in [0.25, 0.3) is 10.8 Å². The van der Waals surface area contributed by atoms with E-state index in [1.807, 2.05) is 66.4 Å².